The first-order valence-corrected chi connectivity index (χ1v) is 8.71. The standard InChI is InChI=1S/C19H20N6O/c26-18(13-15-7-3-1-4-8-15)24-12-11-16(14-24)20-19-21-22-23-25(19)17-9-5-2-6-10-17/h1-10,16H,11-14H2,(H,20,21,23). The summed E-state index contributed by atoms with van der Waals surface area (Å²) in [5, 5.41) is 15.3. The normalized spacial score (nSPS) is 16.6. The van der Waals surface area contributed by atoms with Gasteiger partial charge in [0.25, 0.3) is 0 Å². The van der Waals surface area contributed by atoms with Gasteiger partial charge in [-0.2, -0.15) is 4.68 Å². The van der Waals surface area contributed by atoms with Crippen molar-refractivity contribution in [3.63, 3.8) is 0 Å². The van der Waals surface area contributed by atoms with Crippen molar-refractivity contribution in [2.45, 2.75) is 18.9 Å². The molecule has 26 heavy (non-hydrogen) atoms. The number of carbonyl (C=O) groups excluding carboxylic acids is 1. The average molecular weight is 348 g/mol. The lowest BCUT2D eigenvalue weighted by atomic mass is 10.1. The summed E-state index contributed by atoms with van der Waals surface area (Å²) >= 11 is 0. The molecular formula is C19H20N6O. The van der Waals surface area contributed by atoms with Gasteiger partial charge in [-0.3, -0.25) is 4.79 Å². The van der Waals surface area contributed by atoms with E-state index in [0.29, 0.717) is 18.9 Å². The summed E-state index contributed by atoms with van der Waals surface area (Å²) in [5.74, 6) is 0.752. The Labute approximate surface area is 151 Å². The molecule has 1 unspecified atom stereocenters. The average Bonchev–Trinajstić information content (AvgIpc) is 3.33. The zero-order valence-corrected chi connectivity index (χ0v) is 14.3. The van der Waals surface area contributed by atoms with E-state index < -0.39 is 0 Å². The fourth-order valence-electron chi connectivity index (χ4n) is 3.19. The maximum Gasteiger partial charge on any atom is 0.248 e. The maximum atomic E-state index is 12.5. The van der Waals surface area contributed by atoms with Gasteiger partial charge in [0.15, 0.2) is 0 Å². The molecule has 1 aliphatic rings. The topological polar surface area (TPSA) is 75.9 Å². The highest BCUT2D eigenvalue weighted by Crippen LogP contribution is 2.17. The van der Waals surface area contributed by atoms with E-state index in [4.69, 9.17) is 0 Å². The number of hydrogen-bond donors (Lipinski definition) is 1. The van der Waals surface area contributed by atoms with E-state index in [0.717, 1.165) is 24.2 Å². The van der Waals surface area contributed by atoms with Crippen molar-refractivity contribution in [1.29, 1.82) is 0 Å². The van der Waals surface area contributed by atoms with Crippen LogP contribution in [-0.4, -0.2) is 50.1 Å². The lowest BCUT2D eigenvalue weighted by Gasteiger charge is -2.17. The molecule has 0 radical (unpaired) electrons. The third-order valence-corrected chi connectivity index (χ3v) is 4.54. The van der Waals surface area contributed by atoms with Gasteiger partial charge in [-0.1, -0.05) is 53.6 Å². The summed E-state index contributed by atoms with van der Waals surface area (Å²) in [6.07, 6.45) is 1.32. The van der Waals surface area contributed by atoms with E-state index in [1.807, 2.05) is 65.6 Å². The van der Waals surface area contributed by atoms with Crippen LogP contribution in [0.1, 0.15) is 12.0 Å². The van der Waals surface area contributed by atoms with Crippen LogP contribution in [0.25, 0.3) is 5.69 Å². The highest BCUT2D eigenvalue weighted by molar-refractivity contribution is 5.79. The number of hydrogen-bond acceptors (Lipinski definition) is 5. The molecule has 1 saturated heterocycles. The van der Waals surface area contributed by atoms with Crippen molar-refractivity contribution in [1.82, 2.24) is 25.1 Å². The van der Waals surface area contributed by atoms with Crippen LogP contribution in [0.5, 0.6) is 0 Å². The van der Waals surface area contributed by atoms with Crippen LogP contribution in [0.2, 0.25) is 0 Å². The number of aromatic nitrogens is 4. The van der Waals surface area contributed by atoms with Gasteiger partial charge in [0, 0.05) is 19.1 Å². The Balaban J connectivity index is 1.38. The molecule has 0 aliphatic carbocycles. The Kier molecular flexibility index (Phi) is 4.59. The van der Waals surface area contributed by atoms with Crippen molar-refractivity contribution in [2.75, 3.05) is 18.4 Å². The minimum absolute atomic E-state index is 0.142. The molecule has 3 aromatic rings. The molecule has 2 heterocycles. The van der Waals surface area contributed by atoms with Gasteiger partial charge < -0.3 is 10.2 Å². The summed E-state index contributed by atoms with van der Waals surface area (Å²) in [7, 11) is 0. The van der Waals surface area contributed by atoms with Crippen molar-refractivity contribution in [2.24, 2.45) is 0 Å². The molecule has 132 valence electrons. The van der Waals surface area contributed by atoms with Crippen LogP contribution in [0.4, 0.5) is 5.95 Å². The van der Waals surface area contributed by atoms with Crippen molar-refractivity contribution in [3.05, 3.63) is 66.2 Å². The SMILES string of the molecule is O=C(Cc1ccccc1)N1CCC(Nc2nnnn2-c2ccccc2)C1. The number of carbonyl (C=O) groups is 1. The molecule has 4 rings (SSSR count). The molecule has 1 fully saturated rings. The molecule has 7 heteroatoms. The van der Waals surface area contributed by atoms with Gasteiger partial charge in [-0.15, -0.1) is 0 Å². The molecule has 0 bridgehead atoms. The van der Waals surface area contributed by atoms with E-state index in [9.17, 15) is 4.79 Å². The third-order valence-electron chi connectivity index (χ3n) is 4.54. The number of anilines is 1. The number of para-hydroxylation sites is 1. The Bertz CT molecular complexity index is 864. The van der Waals surface area contributed by atoms with Gasteiger partial charge in [-0.25, -0.2) is 0 Å². The van der Waals surface area contributed by atoms with E-state index >= 15 is 0 Å². The van der Waals surface area contributed by atoms with E-state index in [2.05, 4.69) is 20.8 Å². The molecule has 0 saturated carbocycles. The first-order chi connectivity index (χ1) is 12.8. The Morgan fingerprint density at radius 1 is 1.08 bits per heavy atom. The summed E-state index contributed by atoms with van der Waals surface area (Å²) < 4.78 is 1.68. The number of nitrogens with zero attached hydrogens (tertiary/aromatic N) is 5. The van der Waals surface area contributed by atoms with Crippen LogP contribution in [-0.2, 0) is 11.2 Å². The lowest BCUT2D eigenvalue weighted by Crippen LogP contribution is -2.33. The van der Waals surface area contributed by atoms with Crippen LogP contribution < -0.4 is 5.32 Å². The number of benzene rings is 2. The summed E-state index contributed by atoms with van der Waals surface area (Å²) in [6, 6.07) is 19.7. The van der Waals surface area contributed by atoms with Crippen LogP contribution in [0.15, 0.2) is 60.7 Å². The number of tetrazole rings is 1. The quantitative estimate of drug-likeness (QED) is 0.762. The van der Waals surface area contributed by atoms with Gasteiger partial charge in [0.05, 0.1) is 12.1 Å². The van der Waals surface area contributed by atoms with Crippen LogP contribution in [0.3, 0.4) is 0 Å². The predicted octanol–water partition coefficient (Wildman–Crippen LogP) is 1.92. The number of nitrogens with one attached hydrogen (secondary N) is 1. The monoisotopic (exact) mass is 348 g/mol. The van der Waals surface area contributed by atoms with E-state index in [1.165, 1.54) is 0 Å². The van der Waals surface area contributed by atoms with Gasteiger partial charge >= 0.3 is 0 Å². The molecule has 1 N–H and O–H groups in total. The molecule has 1 atom stereocenters. The lowest BCUT2D eigenvalue weighted by molar-refractivity contribution is -0.129. The van der Waals surface area contributed by atoms with Crippen molar-refractivity contribution in [3.8, 4) is 5.69 Å². The fraction of sp³-hybridized carbons (Fsp3) is 0.263. The number of rotatable bonds is 5. The molecule has 1 amide bonds. The Morgan fingerprint density at radius 2 is 1.81 bits per heavy atom. The zero-order chi connectivity index (χ0) is 17.8. The minimum Gasteiger partial charge on any atom is -0.348 e. The van der Waals surface area contributed by atoms with Gasteiger partial charge in [-0.05, 0) is 34.5 Å². The van der Waals surface area contributed by atoms with Crippen molar-refractivity contribution < 1.29 is 4.79 Å². The minimum atomic E-state index is 0.142. The van der Waals surface area contributed by atoms with Crippen molar-refractivity contribution >= 4 is 11.9 Å². The molecule has 1 aliphatic heterocycles. The first kappa shape index (κ1) is 16.3. The smallest absolute Gasteiger partial charge is 0.248 e. The summed E-state index contributed by atoms with van der Waals surface area (Å²) in [4.78, 5) is 14.4. The largest absolute Gasteiger partial charge is 0.348 e. The Hall–Kier alpha value is -3.22. The first-order valence-electron chi connectivity index (χ1n) is 8.71. The van der Waals surface area contributed by atoms with Gasteiger partial charge in [0.2, 0.25) is 11.9 Å². The van der Waals surface area contributed by atoms with Gasteiger partial charge in [0.1, 0.15) is 0 Å². The predicted molar refractivity (Wildman–Crippen MR) is 97.9 cm³/mol. The highest BCUT2D eigenvalue weighted by Gasteiger charge is 2.27. The van der Waals surface area contributed by atoms with E-state index in [1.54, 1.807) is 4.68 Å². The molecule has 7 nitrogen and oxygen atoms in total. The summed E-state index contributed by atoms with van der Waals surface area (Å²) in [5.41, 5.74) is 1.94. The fourth-order valence-corrected chi connectivity index (χ4v) is 3.19. The van der Waals surface area contributed by atoms with Crippen LogP contribution in [0, 0.1) is 0 Å². The second-order valence-corrected chi connectivity index (χ2v) is 6.38. The third kappa shape index (κ3) is 3.56. The molecular weight excluding hydrogens is 328 g/mol. The number of amides is 1. The van der Waals surface area contributed by atoms with E-state index in [-0.39, 0.29) is 11.9 Å². The molecule has 1 aromatic heterocycles. The molecule has 0 spiro atoms. The summed E-state index contributed by atoms with van der Waals surface area (Å²) in [6.45, 7) is 1.41. The number of likely N-dealkylation sites (tertiary alicyclic amines) is 1. The second-order valence-electron chi connectivity index (χ2n) is 6.38. The maximum absolute atomic E-state index is 12.5. The highest BCUT2D eigenvalue weighted by atomic mass is 16.2. The second kappa shape index (κ2) is 7.35. The van der Waals surface area contributed by atoms with Crippen LogP contribution >= 0.6 is 0 Å². The Morgan fingerprint density at radius 3 is 2.58 bits per heavy atom. The molecule has 2 aromatic carbocycles. The zero-order valence-electron chi connectivity index (χ0n) is 14.3.